The molecule has 0 unspecified atom stereocenters. The molecule has 1 aromatic carbocycles. The van der Waals surface area contributed by atoms with E-state index in [2.05, 4.69) is 35.8 Å². The largest absolute Gasteiger partial charge is 0.373 e. The van der Waals surface area contributed by atoms with E-state index in [0.717, 1.165) is 31.9 Å². The summed E-state index contributed by atoms with van der Waals surface area (Å²) >= 11 is 0. The maximum Gasteiger partial charge on any atom is 0.269 e. The van der Waals surface area contributed by atoms with Crippen molar-refractivity contribution in [2.45, 2.75) is 0 Å². The monoisotopic (exact) mass is 280 g/mol. The van der Waals surface area contributed by atoms with Crippen molar-refractivity contribution >= 4 is 11.4 Å². The summed E-state index contributed by atoms with van der Waals surface area (Å²) in [5, 5.41) is 10.6. The summed E-state index contributed by atoms with van der Waals surface area (Å²) in [4.78, 5) is 16.8. The number of non-ortho nitro benzene ring substituents is 1. The van der Waals surface area contributed by atoms with Crippen molar-refractivity contribution in [2.24, 2.45) is 0 Å². The Morgan fingerprint density at radius 3 is 2.00 bits per heavy atom. The number of nitro groups is 1. The lowest BCUT2D eigenvalue weighted by Gasteiger charge is -2.24. The third-order valence-corrected chi connectivity index (χ3v) is 3.25. The van der Waals surface area contributed by atoms with Gasteiger partial charge in [0.1, 0.15) is 0 Å². The molecular weight excluding hydrogens is 256 g/mol. The van der Waals surface area contributed by atoms with Crippen LogP contribution in [0, 0.1) is 10.1 Å². The van der Waals surface area contributed by atoms with Gasteiger partial charge in [-0.15, -0.1) is 0 Å². The zero-order valence-electron chi connectivity index (χ0n) is 12.7. The van der Waals surface area contributed by atoms with Gasteiger partial charge in [0.25, 0.3) is 5.69 Å². The quantitative estimate of drug-likeness (QED) is 0.534. The lowest BCUT2D eigenvalue weighted by Crippen LogP contribution is -2.34. The van der Waals surface area contributed by atoms with Gasteiger partial charge < -0.3 is 14.7 Å². The Morgan fingerprint density at radius 1 is 0.950 bits per heavy atom. The molecule has 0 aliphatic heterocycles. The fraction of sp³-hybridized carbons (Fsp3) is 0.571. The van der Waals surface area contributed by atoms with Gasteiger partial charge >= 0.3 is 0 Å². The minimum atomic E-state index is -0.376. The first kappa shape index (κ1) is 16.4. The number of anilines is 1. The van der Waals surface area contributed by atoms with Gasteiger partial charge in [0.2, 0.25) is 0 Å². The van der Waals surface area contributed by atoms with Gasteiger partial charge in [-0.1, -0.05) is 0 Å². The van der Waals surface area contributed by atoms with Gasteiger partial charge in [-0.3, -0.25) is 10.1 Å². The molecule has 0 saturated heterocycles. The highest BCUT2D eigenvalue weighted by Gasteiger charge is 2.07. The summed E-state index contributed by atoms with van der Waals surface area (Å²) in [7, 11) is 8.24. The maximum absolute atomic E-state index is 10.6. The van der Waals surface area contributed by atoms with Crippen LogP contribution >= 0.6 is 0 Å². The molecule has 1 aromatic rings. The molecule has 0 saturated carbocycles. The van der Waals surface area contributed by atoms with Crippen LogP contribution in [0.1, 0.15) is 0 Å². The van der Waals surface area contributed by atoms with Gasteiger partial charge in [0.15, 0.2) is 0 Å². The van der Waals surface area contributed by atoms with E-state index >= 15 is 0 Å². The van der Waals surface area contributed by atoms with Crippen LogP contribution in [0.15, 0.2) is 24.3 Å². The maximum atomic E-state index is 10.6. The van der Waals surface area contributed by atoms with Crippen molar-refractivity contribution in [3.8, 4) is 0 Å². The standard InChI is InChI=1S/C14H24N4O2/c1-15(2)9-10-16(3)11-12-17(4)13-5-7-14(8-6-13)18(19)20/h5-8H,9-12H2,1-4H3. The summed E-state index contributed by atoms with van der Waals surface area (Å²) in [5.41, 5.74) is 1.13. The Kier molecular flexibility index (Phi) is 6.41. The number of benzene rings is 1. The first-order chi connectivity index (χ1) is 9.40. The molecule has 1 rings (SSSR count). The summed E-state index contributed by atoms with van der Waals surface area (Å²) < 4.78 is 0. The van der Waals surface area contributed by atoms with E-state index in [0.29, 0.717) is 0 Å². The highest BCUT2D eigenvalue weighted by molar-refractivity contribution is 5.50. The molecule has 0 aliphatic carbocycles. The smallest absolute Gasteiger partial charge is 0.269 e. The topological polar surface area (TPSA) is 52.9 Å². The summed E-state index contributed by atoms with van der Waals surface area (Å²) in [6.07, 6.45) is 0. The molecule has 0 radical (unpaired) electrons. The lowest BCUT2D eigenvalue weighted by atomic mass is 10.2. The van der Waals surface area contributed by atoms with Crippen molar-refractivity contribution in [3.05, 3.63) is 34.4 Å². The van der Waals surface area contributed by atoms with Crippen LogP contribution in [0.3, 0.4) is 0 Å². The van der Waals surface area contributed by atoms with Gasteiger partial charge in [-0.2, -0.15) is 0 Å². The van der Waals surface area contributed by atoms with Crippen molar-refractivity contribution in [2.75, 3.05) is 59.3 Å². The predicted octanol–water partition coefficient (Wildman–Crippen LogP) is 1.52. The third kappa shape index (κ3) is 5.54. The molecule has 0 aliphatic rings. The Labute approximate surface area is 120 Å². The second-order valence-electron chi connectivity index (χ2n) is 5.30. The van der Waals surface area contributed by atoms with Crippen molar-refractivity contribution < 1.29 is 4.92 Å². The molecule has 0 bridgehead atoms. The zero-order chi connectivity index (χ0) is 15.1. The molecule has 6 heteroatoms. The molecule has 0 fully saturated rings. The number of likely N-dealkylation sites (N-methyl/N-ethyl adjacent to an activating group) is 3. The van der Waals surface area contributed by atoms with Crippen LogP contribution in [-0.2, 0) is 0 Å². The Balaban J connectivity index is 2.42. The molecule has 0 aromatic heterocycles. The van der Waals surface area contributed by atoms with E-state index in [1.54, 1.807) is 24.3 Å². The van der Waals surface area contributed by atoms with Gasteiger partial charge in [0, 0.05) is 51.0 Å². The first-order valence-corrected chi connectivity index (χ1v) is 6.69. The van der Waals surface area contributed by atoms with Gasteiger partial charge in [-0.05, 0) is 33.3 Å². The number of rotatable bonds is 8. The SMILES string of the molecule is CN(C)CCN(C)CCN(C)c1ccc([N+](=O)[O-])cc1. The molecule has 0 amide bonds. The lowest BCUT2D eigenvalue weighted by molar-refractivity contribution is -0.384. The van der Waals surface area contributed by atoms with Crippen LogP contribution in [0.4, 0.5) is 11.4 Å². The van der Waals surface area contributed by atoms with E-state index in [1.165, 1.54) is 0 Å². The van der Waals surface area contributed by atoms with E-state index in [-0.39, 0.29) is 10.6 Å². The van der Waals surface area contributed by atoms with E-state index in [4.69, 9.17) is 0 Å². The Bertz CT molecular complexity index is 420. The molecule has 0 atom stereocenters. The Morgan fingerprint density at radius 2 is 1.50 bits per heavy atom. The number of nitro benzene ring substituents is 1. The summed E-state index contributed by atoms with van der Waals surface area (Å²) in [6.45, 7) is 3.92. The second-order valence-corrected chi connectivity index (χ2v) is 5.30. The summed E-state index contributed by atoms with van der Waals surface area (Å²) in [6, 6.07) is 6.67. The minimum absolute atomic E-state index is 0.130. The highest BCUT2D eigenvalue weighted by Crippen LogP contribution is 2.17. The average molecular weight is 280 g/mol. The van der Waals surface area contributed by atoms with Crippen molar-refractivity contribution in [1.29, 1.82) is 0 Å². The summed E-state index contributed by atoms with van der Waals surface area (Å²) in [5.74, 6) is 0. The molecule has 20 heavy (non-hydrogen) atoms. The average Bonchev–Trinajstić information content (AvgIpc) is 2.42. The number of hydrogen-bond donors (Lipinski definition) is 0. The van der Waals surface area contributed by atoms with Crippen molar-refractivity contribution in [3.63, 3.8) is 0 Å². The third-order valence-electron chi connectivity index (χ3n) is 3.25. The Hall–Kier alpha value is -1.66. The van der Waals surface area contributed by atoms with Crippen LogP contribution in [0.25, 0.3) is 0 Å². The fourth-order valence-electron chi connectivity index (χ4n) is 1.76. The van der Waals surface area contributed by atoms with E-state index < -0.39 is 0 Å². The van der Waals surface area contributed by atoms with Gasteiger partial charge in [0.05, 0.1) is 4.92 Å². The van der Waals surface area contributed by atoms with E-state index in [9.17, 15) is 10.1 Å². The molecule has 0 spiro atoms. The molecule has 112 valence electrons. The van der Waals surface area contributed by atoms with Crippen LogP contribution < -0.4 is 4.90 Å². The van der Waals surface area contributed by atoms with Gasteiger partial charge in [-0.25, -0.2) is 0 Å². The molecule has 0 heterocycles. The van der Waals surface area contributed by atoms with Crippen LogP contribution in [0.5, 0.6) is 0 Å². The minimum Gasteiger partial charge on any atom is -0.373 e. The van der Waals surface area contributed by atoms with Crippen LogP contribution in [-0.4, -0.2) is 69.1 Å². The predicted molar refractivity (Wildman–Crippen MR) is 82.4 cm³/mol. The normalized spacial score (nSPS) is 11.1. The van der Waals surface area contributed by atoms with Crippen LogP contribution in [0.2, 0.25) is 0 Å². The number of nitrogens with zero attached hydrogens (tertiary/aromatic N) is 4. The molecule has 6 nitrogen and oxygen atoms in total. The highest BCUT2D eigenvalue weighted by atomic mass is 16.6. The fourth-order valence-corrected chi connectivity index (χ4v) is 1.76. The van der Waals surface area contributed by atoms with E-state index in [1.807, 2.05) is 7.05 Å². The zero-order valence-corrected chi connectivity index (χ0v) is 12.7. The van der Waals surface area contributed by atoms with Crippen molar-refractivity contribution in [1.82, 2.24) is 9.80 Å². The first-order valence-electron chi connectivity index (χ1n) is 6.69. The molecular formula is C14H24N4O2. The number of hydrogen-bond acceptors (Lipinski definition) is 5. The molecule has 0 N–H and O–H groups in total. The second kappa shape index (κ2) is 7.81.